The number of rotatable bonds is 6. The summed E-state index contributed by atoms with van der Waals surface area (Å²) in [6.45, 7) is 1.61. The second-order valence-electron chi connectivity index (χ2n) is 6.56. The second-order valence-corrected chi connectivity index (χ2v) is 7.59. The van der Waals surface area contributed by atoms with Crippen LogP contribution in [-0.2, 0) is 4.79 Å². The molecule has 2 aliphatic rings. The summed E-state index contributed by atoms with van der Waals surface area (Å²) < 4.78 is 0. The molecular weight excluding hydrogens is 310 g/mol. The fourth-order valence-electron chi connectivity index (χ4n) is 3.06. The van der Waals surface area contributed by atoms with Gasteiger partial charge < -0.3 is 10.0 Å². The monoisotopic (exact) mass is 333 g/mol. The lowest BCUT2D eigenvalue weighted by Crippen LogP contribution is -2.40. The van der Waals surface area contributed by atoms with Crippen molar-refractivity contribution in [2.24, 2.45) is 5.92 Å². The highest BCUT2D eigenvalue weighted by molar-refractivity contribution is 7.99. The Morgan fingerprint density at radius 2 is 1.91 bits per heavy atom. The van der Waals surface area contributed by atoms with E-state index in [4.69, 9.17) is 5.11 Å². The van der Waals surface area contributed by atoms with Crippen LogP contribution in [0.15, 0.2) is 24.3 Å². The van der Waals surface area contributed by atoms with Gasteiger partial charge in [-0.1, -0.05) is 12.1 Å². The van der Waals surface area contributed by atoms with Crippen LogP contribution in [0.3, 0.4) is 0 Å². The maximum atomic E-state index is 12.3. The first-order chi connectivity index (χ1) is 11.1. The van der Waals surface area contributed by atoms with Crippen molar-refractivity contribution < 1.29 is 14.7 Å². The first-order valence-electron chi connectivity index (χ1n) is 8.32. The molecule has 0 unspecified atom stereocenters. The van der Waals surface area contributed by atoms with E-state index in [0.29, 0.717) is 17.2 Å². The minimum Gasteiger partial charge on any atom is -0.478 e. The van der Waals surface area contributed by atoms with Crippen molar-refractivity contribution in [1.29, 1.82) is 0 Å². The fraction of sp³-hybridized carbons (Fsp3) is 0.556. The Morgan fingerprint density at radius 3 is 2.57 bits per heavy atom. The summed E-state index contributed by atoms with van der Waals surface area (Å²) >= 11 is 1.77. The minimum atomic E-state index is -0.898. The number of hydrogen-bond acceptors (Lipinski definition) is 3. The van der Waals surface area contributed by atoms with Crippen LogP contribution in [0.25, 0.3) is 0 Å². The molecule has 1 saturated heterocycles. The third-order valence-corrected chi connectivity index (χ3v) is 5.84. The Hall–Kier alpha value is -1.49. The van der Waals surface area contributed by atoms with Crippen LogP contribution in [-0.4, -0.2) is 46.5 Å². The van der Waals surface area contributed by atoms with Crippen molar-refractivity contribution >= 4 is 23.6 Å². The Bertz CT molecular complexity index is 568. The molecule has 1 saturated carbocycles. The van der Waals surface area contributed by atoms with Gasteiger partial charge in [0.05, 0.1) is 11.3 Å². The van der Waals surface area contributed by atoms with Gasteiger partial charge in [-0.25, -0.2) is 4.79 Å². The van der Waals surface area contributed by atoms with Crippen LogP contribution in [0.4, 0.5) is 0 Å². The Kier molecular flexibility index (Phi) is 5.26. The number of carbonyl (C=O) groups excluding carboxylic acids is 1. The van der Waals surface area contributed by atoms with Crippen LogP contribution >= 0.6 is 11.8 Å². The lowest BCUT2D eigenvalue weighted by atomic mass is 9.90. The van der Waals surface area contributed by atoms with Crippen LogP contribution in [0, 0.1) is 5.92 Å². The standard InChI is InChI=1S/C18H23NO3S/c20-17(12-23-11-13-3-4-13)19-9-1-2-16(10-19)14-5-7-15(8-6-14)18(21)22/h5-8,13,16H,1-4,9-12H2,(H,21,22)/t16-/m0/s1. The summed E-state index contributed by atoms with van der Waals surface area (Å²) in [4.78, 5) is 25.3. The molecule has 1 N–H and O–H groups in total. The van der Waals surface area contributed by atoms with E-state index in [1.165, 1.54) is 12.8 Å². The molecule has 1 atom stereocenters. The average molecular weight is 333 g/mol. The number of carboxylic acids is 1. The topological polar surface area (TPSA) is 57.6 Å². The maximum absolute atomic E-state index is 12.3. The fourth-order valence-corrected chi connectivity index (χ4v) is 4.20. The number of piperidine rings is 1. The van der Waals surface area contributed by atoms with Gasteiger partial charge in [0.15, 0.2) is 0 Å². The molecule has 0 radical (unpaired) electrons. The van der Waals surface area contributed by atoms with Gasteiger partial charge in [0, 0.05) is 19.0 Å². The minimum absolute atomic E-state index is 0.252. The number of amides is 1. The van der Waals surface area contributed by atoms with Crippen molar-refractivity contribution in [3.8, 4) is 0 Å². The average Bonchev–Trinajstić information content (AvgIpc) is 3.39. The molecule has 0 aromatic heterocycles. The molecule has 1 aliphatic heterocycles. The molecule has 1 heterocycles. The van der Waals surface area contributed by atoms with E-state index in [-0.39, 0.29) is 5.91 Å². The summed E-state index contributed by atoms with van der Waals surface area (Å²) in [7, 11) is 0. The zero-order valence-electron chi connectivity index (χ0n) is 13.2. The lowest BCUT2D eigenvalue weighted by Gasteiger charge is -2.33. The van der Waals surface area contributed by atoms with Crippen molar-refractivity contribution in [2.75, 3.05) is 24.6 Å². The summed E-state index contributed by atoms with van der Waals surface area (Å²) in [6, 6.07) is 7.10. The van der Waals surface area contributed by atoms with Gasteiger partial charge in [0.1, 0.15) is 0 Å². The van der Waals surface area contributed by atoms with E-state index in [0.717, 1.165) is 43.2 Å². The van der Waals surface area contributed by atoms with Crippen molar-refractivity contribution in [3.63, 3.8) is 0 Å². The van der Waals surface area contributed by atoms with Gasteiger partial charge in [0.2, 0.25) is 5.91 Å². The van der Waals surface area contributed by atoms with E-state index in [9.17, 15) is 9.59 Å². The van der Waals surface area contributed by atoms with E-state index in [1.54, 1.807) is 23.9 Å². The van der Waals surface area contributed by atoms with Crippen molar-refractivity contribution in [3.05, 3.63) is 35.4 Å². The van der Waals surface area contributed by atoms with E-state index < -0.39 is 5.97 Å². The number of carbonyl (C=O) groups is 2. The van der Waals surface area contributed by atoms with Gasteiger partial charge >= 0.3 is 5.97 Å². The molecule has 4 nitrogen and oxygen atoms in total. The van der Waals surface area contributed by atoms with Gasteiger partial charge in [-0.3, -0.25) is 4.79 Å². The molecule has 124 valence electrons. The first kappa shape index (κ1) is 16.4. The molecule has 0 bridgehead atoms. The molecule has 23 heavy (non-hydrogen) atoms. The highest BCUT2D eigenvalue weighted by atomic mass is 32.2. The van der Waals surface area contributed by atoms with Crippen LogP contribution < -0.4 is 0 Å². The molecule has 2 fully saturated rings. The van der Waals surface area contributed by atoms with E-state index in [2.05, 4.69) is 0 Å². The molecular formula is C18H23NO3S. The van der Waals surface area contributed by atoms with Crippen molar-refractivity contribution in [1.82, 2.24) is 4.90 Å². The molecule has 1 aromatic rings. The van der Waals surface area contributed by atoms with Crippen molar-refractivity contribution in [2.45, 2.75) is 31.6 Å². The van der Waals surface area contributed by atoms with Gasteiger partial charge in [0.25, 0.3) is 0 Å². The number of hydrogen-bond donors (Lipinski definition) is 1. The molecule has 1 amide bonds. The summed E-state index contributed by atoms with van der Waals surface area (Å²) in [5.74, 6) is 2.26. The van der Waals surface area contributed by atoms with Crippen LogP contribution in [0.2, 0.25) is 0 Å². The largest absolute Gasteiger partial charge is 0.478 e. The number of likely N-dealkylation sites (tertiary alicyclic amines) is 1. The predicted molar refractivity (Wildman–Crippen MR) is 92.0 cm³/mol. The van der Waals surface area contributed by atoms with E-state index >= 15 is 0 Å². The number of nitrogens with zero attached hydrogens (tertiary/aromatic N) is 1. The number of carboxylic acid groups (broad SMARTS) is 1. The summed E-state index contributed by atoms with van der Waals surface area (Å²) in [5, 5.41) is 8.97. The van der Waals surface area contributed by atoms with Gasteiger partial charge in [-0.05, 0) is 55.1 Å². The number of thioether (sulfide) groups is 1. The maximum Gasteiger partial charge on any atom is 0.335 e. The van der Waals surface area contributed by atoms with Gasteiger partial charge in [-0.2, -0.15) is 11.8 Å². The third kappa shape index (κ3) is 4.50. The summed E-state index contributed by atoms with van der Waals surface area (Å²) in [6.07, 6.45) is 4.74. The highest BCUT2D eigenvalue weighted by Gasteiger charge is 2.26. The SMILES string of the molecule is O=C(O)c1ccc([C@H]2CCCN(C(=O)CSCC3CC3)C2)cc1. The normalized spacial score (nSPS) is 21.2. The van der Waals surface area contributed by atoms with E-state index in [1.807, 2.05) is 17.0 Å². The zero-order valence-corrected chi connectivity index (χ0v) is 14.1. The number of benzene rings is 1. The zero-order chi connectivity index (χ0) is 16.2. The molecule has 3 rings (SSSR count). The summed E-state index contributed by atoms with van der Waals surface area (Å²) in [5.41, 5.74) is 1.45. The molecule has 1 aromatic carbocycles. The van der Waals surface area contributed by atoms with Crippen LogP contribution in [0.5, 0.6) is 0 Å². The highest BCUT2D eigenvalue weighted by Crippen LogP contribution is 2.33. The Balaban J connectivity index is 1.54. The van der Waals surface area contributed by atoms with Crippen LogP contribution in [0.1, 0.15) is 47.5 Å². The Morgan fingerprint density at radius 1 is 1.17 bits per heavy atom. The second kappa shape index (κ2) is 7.39. The Labute approximate surface area is 141 Å². The molecule has 1 aliphatic carbocycles. The molecule has 5 heteroatoms. The quantitative estimate of drug-likeness (QED) is 0.868. The third-order valence-electron chi connectivity index (χ3n) is 4.68. The van der Waals surface area contributed by atoms with Gasteiger partial charge in [-0.15, -0.1) is 0 Å². The smallest absolute Gasteiger partial charge is 0.335 e. The predicted octanol–water partition coefficient (Wildman–Crippen LogP) is 3.23. The first-order valence-corrected chi connectivity index (χ1v) is 9.47. The number of aromatic carboxylic acids is 1. The molecule has 0 spiro atoms. The lowest BCUT2D eigenvalue weighted by molar-refractivity contribution is -0.129.